The molecule has 1 saturated heterocycles. The Morgan fingerprint density at radius 2 is 2.29 bits per heavy atom. The van der Waals surface area contributed by atoms with Crippen molar-refractivity contribution in [3.8, 4) is 0 Å². The van der Waals surface area contributed by atoms with E-state index in [9.17, 15) is 0 Å². The van der Waals surface area contributed by atoms with Gasteiger partial charge in [0.1, 0.15) is 0 Å². The largest absolute Gasteiger partial charge is 0.370 e. The van der Waals surface area contributed by atoms with Gasteiger partial charge in [-0.3, -0.25) is 0 Å². The molecule has 3 heteroatoms. The van der Waals surface area contributed by atoms with E-state index in [-0.39, 0.29) is 0 Å². The fraction of sp³-hybridized carbons (Fsp3) is 0.455. The molecule has 1 fully saturated rings. The summed E-state index contributed by atoms with van der Waals surface area (Å²) in [6.45, 7) is 2.04. The topological polar surface area (TPSA) is 29.3 Å². The van der Waals surface area contributed by atoms with E-state index < -0.39 is 0 Å². The summed E-state index contributed by atoms with van der Waals surface area (Å²) in [7, 11) is 0. The van der Waals surface area contributed by atoms with Crippen LogP contribution in [0.25, 0.3) is 0 Å². The van der Waals surface area contributed by atoms with E-state index in [1.807, 2.05) is 18.2 Å². The molecule has 0 aromatic heterocycles. The van der Waals surface area contributed by atoms with Crippen LogP contribution in [0.4, 0.5) is 5.69 Å². The highest BCUT2D eigenvalue weighted by molar-refractivity contribution is 6.30. The zero-order chi connectivity index (χ0) is 9.97. The first-order valence-electron chi connectivity index (χ1n) is 5.02. The van der Waals surface area contributed by atoms with Crippen LogP contribution in [0.2, 0.25) is 5.02 Å². The number of hydrogen-bond donors (Lipinski definition) is 1. The van der Waals surface area contributed by atoms with Gasteiger partial charge in [0.25, 0.3) is 0 Å². The summed E-state index contributed by atoms with van der Waals surface area (Å²) in [6, 6.07) is 8.28. The summed E-state index contributed by atoms with van der Waals surface area (Å²) in [5.41, 5.74) is 7.11. The van der Waals surface area contributed by atoms with Crippen LogP contribution in [-0.4, -0.2) is 19.1 Å². The molecular formula is C11H15ClN2. The Balaban J connectivity index is 2.14. The molecule has 2 N–H and O–H groups in total. The van der Waals surface area contributed by atoms with E-state index in [0.29, 0.717) is 6.04 Å². The lowest BCUT2D eigenvalue weighted by Gasteiger charge is -2.32. The number of nitrogens with two attached hydrogens (primary N) is 1. The van der Waals surface area contributed by atoms with Crippen molar-refractivity contribution < 1.29 is 0 Å². The molecule has 2 rings (SSSR count). The van der Waals surface area contributed by atoms with Crippen molar-refractivity contribution in [2.75, 3.05) is 18.0 Å². The normalized spacial score (nSPS) is 22.4. The van der Waals surface area contributed by atoms with Crippen molar-refractivity contribution >= 4 is 17.3 Å². The van der Waals surface area contributed by atoms with Gasteiger partial charge in [-0.25, -0.2) is 0 Å². The maximum absolute atomic E-state index is 5.94. The van der Waals surface area contributed by atoms with Gasteiger partial charge in [-0.1, -0.05) is 17.7 Å². The third kappa shape index (κ3) is 2.20. The second kappa shape index (κ2) is 4.20. The summed E-state index contributed by atoms with van der Waals surface area (Å²) in [4.78, 5) is 2.31. The van der Waals surface area contributed by atoms with Gasteiger partial charge in [-0.15, -0.1) is 0 Å². The van der Waals surface area contributed by atoms with Crippen LogP contribution in [0.15, 0.2) is 24.3 Å². The fourth-order valence-corrected chi connectivity index (χ4v) is 2.10. The maximum Gasteiger partial charge on any atom is 0.0426 e. The summed E-state index contributed by atoms with van der Waals surface area (Å²) in [6.07, 6.45) is 2.31. The Hall–Kier alpha value is -0.730. The Labute approximate surface area is 89.7 Å². The number of rotatable bonds is 1. The van der Waals surface area contributed by atoms with E-state index in [1.165, 1.54) is 12.1 Å². The van der Waals surface area contributed by atoms with E-state index in [0.717, 1.165) is 24.5 Å². The smallest absolute Gasteiger partial charge is 0.0426 e. The molecule has 0 radical (unpaired) electrons. The van der Waals surface area contributed by atoms with Crippen molar-refractivity contribution in [1.82, 2.24) is 0 Å². The molecule has 0 aliphatic carbocycles. The Kier molecular flexibility index (Phi) is 2.94. The molecule has 1 aliphatic heterocycles. The fourth-order valence-electron chi connectivity index (χ4n) is 1.92. The molecule has 0 unspecified atom stereocenters. The highest BCUT2D eigenvalue weighted by atomic mass is 35.5. The zero-order valence-electron chi connectivity index (χ0n) is 8.12. The molecule has 2 nitrogen and oxygen atoms in total. The molecular weight excluding hydrogens is 196 g/mol. The SMILES string of the molecule is N[C@H]1CCCN(c2cccc(Cl)c2)C1. The molecule has 14 heavy (non-hydrogen) atoms. The highest BCUT2D eigenvalue weighted by Crippen LogP contribution is 2.22. The molecule has 0 saturated carbocycles. The quantitative estimate of drug-likeness (QED) is 0.771. The number of benzene rings is 1. The molecule has 1 aromatic rings. The number of piperidine rings is 1. The standard InChI is InChI=1S/C11H15ClN2/c12-9-3-1-5-11(7-9)14-6-2-4-10(13)8-14/h1,3,5,7,10H,2,4,6,8,13H2/t10-/m0/s1. The molecule has 1 aromatic carbocycles. The second-order valence-electron chi connectivity index (χ2n) is 3.83. The van der Waals surface area contributed by atoms with Gasteiger partial charge in [0.15, 0.2) is 0 Å². The van der Waals surface area contributed by atoms with Crippen LogP contribution >= 0.6 is 11.6 Å². The Morgan fingerprint density at radius 3 is 3.00 bits per heavy atom. The molecule has 1 aliphatic rings. The van der Waals surface area contributed by atoms with Gasteiger partial charge in [0.2, 0.25) is 0 Å². The number of anilines is 1. The van der Waals surface area contributed by atoms with Crippen molar-refractivity contribution in [3.05, 3.63) is 29.3 Å². The summed E-state index contributed by atoms with van der Waals surface area (Å²) in [5, 5.41) is 0.793. The monoisotopic (exact) mass is 210 g/mol. The minimum Gasteiger partial charge on any atom is -0.370 e. The van der Waals surface area contributed by atoms with Gasteiger partial charge in [-0.05, 0) is 31.0 Å². The van der Waals surface area contributed by atoms with Gasteiger partial charge >= 0.3 is 0 Å². The van der Waals surface area contributed by atoms with Crippen molar-refractivity contribution in [2.24, 2.45) is 5.73 Å². The Morgan fingerprint density at radius 1 is 1.43 bits per heavy atom. The van der Waals surface area contributed by atoms with Crippen LogP contribution in [0.1, 0.15) is 12.8 Å². The predicted molar refractivity (Wildman–Crippen MR) is 60.9 cm³/mol. The van der Waals surface area contributed by atoms with Crippen LogP contribution in [0.5, 0.6) is 0 Å². The van der Waals surface area contributed by atoms with Crippen LogP contribution < -0.4 is 10.6 Å². The lowest BCUT2D eigenvalue weighted by atomic mass is 10.1. The first-order chi connectivity index (χ1) is 6.75. The summed E-state index contributed by atoms with van der Waals surface area (Å²) >= 11 is 5.94. The minimum absolute atomic E-state index is 0.308. The van der Waals surface area contributed by atoms with Gasteiger partial charge in [0.05, 0.1) is 0 Å². The third-order valence-electron chi connectivity index (χ3n) is 2.63. The van der Waals surface area contributed by atoms with Crippen molar-refractivity contribution in [1.29, 1.82) is 0 Å². The first-order valence-corrected chi connectivity index (χ1v) is 5.39. The van der Waals surface area contributed by atoms with E-state index in [2.05, 4.69) is 11.0 Å². The average Bonchev–Trinajstić information content (AvgIpc) is 2.18. The third-order valence-corrected chi connectivity index (χ3v) is 2.87. The second-order valence-corrected chi connectivity index (χ2v) is 4.26. The van der Waals surface area contributed by atoms with Crippen LogP contribution in [0.3, 0.4) is 0 Å². The summed E-state index contributed by atoms with van der Waals surface area (Å²) < 4.78 is 0. The molecule has 0 bridgehead atoms. The van der Waals surface area contributed by atoms with Crippen molar-refractivity contribution in [2.45, 2.75) is 18.9 Å². The van der Waals surface area contributed by atoms with E-state index in [4.69, 9.17) is 17.3 Å². The minimum atomic E-state index is 0.308. The van der Waals surface area contributed by atoms with Gasteiger partial charge in [0, 0.05) is 29.8 Å². The van der Waals surface area contributed by atoms with E-state index in [1.54, 1.807) is 0 Å². The molecule has 0 amide bonds. The lowest BCUT2D eigenvalue weighted by Crippen LogP contribution is -2.42. The maximum atomic E-state index is 5.94. The zero-order valence-corrected chi connectivity index (χ0v) is 8.87. The lowest BCUT2D eigenvalue weighted by molar-refractivity contribution is 0.506. The number of hydrogen-bond acceptors (Lipinski definition) is 2. The molecule has 76 valence electrons. The van der Waals surface area contributed by atoms with E-state index >= 15 is 0 Å². The van der Waals surface area contributed by atoms with Gasteiger partial charge in [-0.2, -0.15) is 0 Å². The molecule has 1 atom stereocenters. The van der Waals surface area contributed by atoms with Crippen LogP contribution in [-0.2, 0) is 0 Å². The Bertz CT molecular complexity index is 314. The molecule has 1 heterocycles. The van der Waals surface area contributed by atoms with Gasteiger partial charge < -0.3 is 10.6 Å². The molecule has 0 spiro atoms. The van der Waals surface area contributed by atoms with Crippen LogP contribution in [0, 0.1) is 0 Å². The average molecular weight is 211 g/mol. The number of nitrogens with zero attached hydrogens (tertiary/aromatic N) is 1. The number of halogens is 1. The van der Waals surface area contributed by atoms with Crippen molar-refractivity contribution in [3.63, 3.8) is 0 Å². The summed E-state index contributed by atoms with van der Waals surface area (Å²) in [5.74, 6) is 0. The highest BCUT2D eigenvalue weighted by Gasteiger charge is 2.16. The predicted octanol–water partition coefficient (Wildman–Crippen LogP) is 2.27. The first kappa shape index (κ1) is 9.81.